The first-order valence-corrected chi connectivity index (χ1v) is 11.8. The van der Waals surface area contributed by atoms with Gasteiger partial charge in [0.1, 0.15) is 0 Å². The van der Waals surface area contributed by atoms with Gasteiger partial charge in [0.25, 0.3) is 0 Å². The van der Waals surface area contributed by atoms with Crippen molar-refractivity contribution in [2.24, 2.45) is 11.8 Å². The van der Waals surface area contributed by atoms with E-state index in [-0.39, 0.29) is 23.2 Å². The zero-order chi connectivity index (χ0) is 18.2. The molecule has 0 aromatic heterocycles. The van der Waals surface area contributed by atoms with Crippen molar-refractivity contribution >= 4 is 8.32 Å². The smallest absolute Gasteiger partial charge is 0.196 e. The van der Waals surface area contributed by atoms with Crippen LogP contribution in [-0.2, 0) is 13.9 Å². The lowest BCUT2D eigenvalue weighted by atomic mass is 9.94. The van der Waals surface area contributed by atoms with Crippen LogP contribution >= 0.6 is 0 Å². The molecule has 1 heterocycles. The molecule has 0 bridgehead atoms. The maximum atomic E-state index is 11.2. The van der Waals surface area contributed by atoms with Gasteiger partial charge in [0.15, 0.2) is 20.4 Å². The van der Waals surface area contributed by atoms with Crippen LogP contribution in [0.2, 0.25) is 18.1 Å². The largest absolute Gasteiger partial charge is 0.409 e. The highest BCUT2D eigenvalue weighted by molar-refractivity contribution is 6.74. The highest BCUT2D eigenvalue weighted by Crippen LogP contribution is 2.41. The second-order valence-corrected chi connectivity index (χ2v) is 14.0. The maximum Gasteiger partial charge on any atom is 0.196 e. The fourth-order valence-electron chi connectivity index (χ4n) is 2.44. The number of hydrogen-bond donors (Lipinski definition) is 1. The first-order chi connectivity index (χ1) is 10.2. The number of aliphatic hydroxyl groups is 1. The predicted octanol–water partition coefficient (Wildman–Crippen LogP) is 4.53. The molecule has 4 atom stereocenters. The van der Waals surface area contributed by atoms with E-state index in [0.29, 0.717) is 12.3 Å². The van der Waals surface area contributed by atoms with Crippen molar-refractivity contribution in [2.75, 3.05) is 0 Å². The number of hydrogen-bond acceptors (Lipinski definition) is 4. The van der Waals surface area contributed by atoms with Gasteiger partial charge in [-0.2, -0.15) is 0 Å². The molecule has 0 aromatic rings. The van der Waals surface area contributed by atoms with Crippen LogP contribution in [0.5, 0.6) is 0 Å². The Kier molecular flexibility index (Phi) is 6.53. The molecule has 1 fully saturated rings. The maximum absolute atomic E-state index is 11.2. The molecule has 1 N–H and O–H groups in total. The van der Waals surface area contributed by atoms with Gasteiger partial charge in [-0.1, -0.05) is 48.5 Å². The Labute approximate surface area is 144 Å². The van der Waals surface area contributed by atoms with Crippen LogP contribution in [0.1, 0.15) is 61.8 Å². The summed E-state index contributed by atoms with van der Waals surface area (Å²) >= 11 is 0. The van der Waals surface area contributed by atoms with Crippen LogP contribution < -0.4 is 0 Å². The first kappa shape index (κ1) is 21.1. The molecule has 0 aromatic carbocycles. The van der Waals surface area contributed by atoms with E-state index in [9.17, 15) is 5.11 Å². The minimum Gasteiger partial charge on any atom is -0.409 e. The topological polar surface area (TPSA) is 47.9 Å². The highest BCUT2D eigenvalue weighted by atomic mass is 28.4. The van der Waals surface area contributed by atoms with Gasteiger partial charge in [0, 0.05) is 12.3 Å². The standard InChI is InChI=1S/C18H38O4Si/c1-12(2)15-11-18(19,21-16(20-15)13(3)4)14(5)22-23(9,10)17(6,7)8/h12-16,19H,11H2,1-10H3/t14-,15+,16-,18-/m0/s1. The van der Waals surface area contributed by atoms with Gasteiger partial charge in [-0.3, -0.25) is 0 Å². The Morgan fingerprint density at radius 1 is 1.09 bits per heavy atom. The average molecular weight is 347 g/mol. The van der Waals surface area contributed by atoms with Gasteiger partial charge in [-0.25, -0.2) is 0 Å². The normalized spacial score (nSPS) is 31.7. The minimum atomic E-state index is -1.98. The Hall–Kier alpha value is 0.0569. The van der Waals surface area contributed by atoms with Gasteiger partial charge in [0.05, 0.1) is 12.2 Å². The molecule has 4 nitrogen and oxygen atoms in total. The second-order valence-electron chi connectivity index (χ2n) is 9.22. The lowest BCUT2D eigenvalue weighted by Gasteiger charge is -2.49. The average Bonchev–Trinajstić information content (AvgIpc) is 2.35. The summed E-state index contributed by atoms with van der Waals surface area (Å²) < 4.78 is 18.4. The molecule has 1 aliphatic heterocycles. The van der Waals surface area contributed by atoms with Gasteiger partial charge in [-0.05, 0) is 31.0 Å². The van der Waals surface area contributed by atoms with Gasteiger partial charge < -0.3 is 19.0 Å². The molecule has 1 saturated heterocycles. The van der Waals surface area contributed by atoms with Gasteiger partial charge in [0.2, 0.25) is 0 Å². The van der Waals surface area contributed by atoms with Crippen LogP contribution in [0, 0.1) is 11.8 Å². The number of rotatable bonds is 5. The fourth-order valence-corrected chi connectivity index (χ4v) is 3.87. The summed E-state index contributed by atoms with van der Waals surface area (Å²) in [5, 5.41) is 11.3. The Bertz CT molecular complexity index is 371. The lowest BCUT2D eigenvalue weighted by Crippen LogP contribution is -2.59. The monoisotopic (exact) mass is 346 g/mol. The summed E-state index contributed by atoms with van der Waals surface area (Å²) in [6, 6.07) is 0. The Morgan fingerprint density at radius 3 is 2.00 bits per heavy atom. The lowest BCUT2D eigenvalue weighted by molar-refractivity contribution is -0.383. The van der Waals surface area contributed by atoms with Crippen molar-refractivity contribution in [3.8, 4) is 0 Å². The summed E-state index contributed by atoms with van der Waals surface area (Å²) in [5.74, 6) is -0.785. The van der Waals surface area contributed by atoms with Crippen molar-refractivity contribution in [1.82, 2.24) is 0 Å². The molecule has 23 heavy (non-hydrogen) atoms. The van der Waals surface area contributed by atoms with Crippen molar-refractivity contribution in [2.45, 2.75) is 104 Å². The molecular formula is C18H38O4Si. The van der Waals surface area contributed by atoms with Gasteiger partial charge in [-0.15, -0.1) is 0 Å². The van der Waals surface area contributed by atoms with E-state index in [1.165, 1.54) is 0 Å². The summed E-state index contributed by atoms with van der Waals surface area (Å²) in [4.78, 5) is 0. The van der Waals surface area contributed by atoms with E-state index in [1.807, 2.05) is 20.8 Å². The second kappa shape index (κ2) is 7.12. The molecule has 1 aliphatic rings. The summed E-state index contributed by atoms with van der Waals surface area (Å²) in [6.45, 7) is 21.3. The van der Waals surface area contributed by atoms with E-state index in [4.69, 9.17) is 13.9 Å². The summed E-state index contributed by atoms with van der Waals surface area (Å²) in [5.41, 5.74) is 0. The van der Waals surface area contributed by atoms with Crippen LogP contribution in [0.3, 0.4) is 0 Å². The molecule has 0 aliphatic carbocycles. The fraction of sp³-hybridized carbons (Fsp3) is 1.00. The minimum absolute atomic E-state index is 0.0217. The molecule has 0 saturated carbocycles. The molecule has 0 spiro atoms. The van der Waals surface area contributed by atoms with Crippen LogP contribution in [0.25, 0.3) is 0 Å². The molecule has 0 unspecified atom stereocenters. The van der Waals surface area contributed by atoms with E-state index in [0.717, 1.165) is 0 Å². The van der Waals surface area contributed by atoms with Crippen LogP contribution in [-0.4, -0.2) is 37.7 Å². The third-order valence-corrected chi connectivity index (χ3v) is 9.88. The van der Waals surface area contributed by atoms with Crippen molar-refractivity contribution in [3.05, 3.63) is 0 Å². The summed E-state index contributed by atoms with van der Waals surface area (Å²) in [7, 11) is -1.98. The van der Waals surface area contributed by atoms with Crippen LogP contribution in [0.15, 0.2) is 0 Å². The molecule has 5 heteroatoms. The SMILES string of the molecule is CC(C)[C@H]1O[C@@H](C(C)C)C[C@@](O)([C@H](C)O[Si](C)(C)C(C)(C)C)O1. The van der Waals surface area contributed by atoms with E-state index in [2.05, 4.69) is 47.7 Å². The van der Waals surface area contributed by atoms with Crippen LogP contribution in [0.4, 0.5) is 0 Å². The Balaban J connectivity index is 2.97. The quantitative estimate of drug-likeness (QED) is 0.743. The molecular weight excluding hydrogens is 308 g/mol. The van der Waals surface area contributed by atoms with Crippen molar-refractivity contribution in [3.63, 3.8) is 0 Å². The summed E-state index contributed by atoms with van der Waals surface area (Å²) in [6.07, 6.45) is -0.350. The third-order valence-electron chi connectivity index (χ3n) is 5.32. The van der Waals surface area contributed by atoms with Crippen molar-refractivity contribution in [1.29, 1.82) is 0 Å². The van der Waals surface area contributed by atoms with E-state index in [1.54, 1.807) is 0 Å². The van der Waals surface area contributed by atoms with E-state index < -0.39 is 20.4 Å². The predicted molar refractivity (Wildman–Crippen MR) is 96.7 cm³/mol. The molecule has 1 rings (SSSR count). The zero-order valence-corrected chi connectivity index (χ0v) is 17.8. The molecule has 0 amide bonds. The highest BCUT2D eigenvalue weighted by Gasteiger charge is 2.50. The molecule has 138 valence electrons. The third kappa shape index (κ3) is 5.02. The van der Waals surface area contributed by atoms with Crippen molar-refractivity contribution < 1.29 is 19.0 Å². The zero-order valence-electron chi connectivity index (χ0n) is 16.8. The number of ether oxygens (including phenoxy) is 2. The Morgan fingerprint density at radius 2 is 1.61 bits per heavy atom. The first-order valence-electron chi connectivity index (χ1n) is 8.93. The van der Waals surface area contributed by atoms with Gasteiger partial charge >= 0.3 is 0 Å². The van der Waals surface area contributed by atoms with E-state index >= 15 is 0 Å². The molecule has 0 radical (unpaired) electrons.